The highest BCUT2D eigenvalue weighted by Gasteiger charge is 2.33. The molecule has 0 radical (unpaired) electrons. The number of piperidine rings is 1. The molecule has 2 heterocycles. The zero-order valence-electron chi connectivity index (χ0n) is 19.6. The Kier molecular flexibility index (Phi) is 7.60. The van der Waals surface area contributed by atoms with Crippen LogP contribution in [0.4, 0.5) is 0 Å². The fourth-order valence-corrected chi connectivity index (χ4v) is 6.67. The molecule has 0 saturated carbocycles. The van der Waals surface area contributed by atoms with Crippen molar-refractivity contribution in [2.24, 2.45) is 10.9 Å². The minimum absolute atomic E-state index is 0.0885. The molecule has 8 nitrogen and oxygen atoms in total. The number of amides is 1. The molecule has 1 aromatic heterocycles. The summed E-state index contributed by atoms with van der Waals surface area (Å²) in [4.78, 5) is 18.2. The maximum atomic E-state index is 13.2. The highest BCUT2D eigenvalue weighted by Crippen LogP contribution is 2.27. The first kappa shape index (κ1) is 25.0. The molecule has 1 saturated heterocycles. The second-order valence-corrected chi connectivity index (χ2v) is 11.0. The molecule has 1 aliphatic rings. The summed E-state index contributed by atoms with van der Waals surface area (Å²) < 4.78 is 41.1. The van der Waals surface area contributed by atoms with Crippen LogP contribution in [-0.4, -0.2) is 50.0 Å². The number of terminal acetylenes is 1. The van der Waals surface area contributed by atoms with Crippen LogP contribution in [0.15, 0.2) is 52.4 Å². The molecule has 1 aliphatic heterocycles. The Bertz CT molecular complexity index is 1430. The Morgan fingerprint density at radius 2 is 1.97 bits per heavy atom. The molecule has 0 aliphatic carbocycles. The first-order valence-electron chi connectivity index (χ1n) is 11.3. The lowest BCUT2D eigenvalue weighted by Gasteiger charge is -2.30. The number of thiazole rings is 1. The monoisotopic (exact) mass is 513 g/mol. The second-order valence-electron chi connectivity index (χ2n) is 8.07. The summed E-state index contributed by atoms with van der Waals surface area (Å²) in [7, 11) is -2.21. The van der Waals surface area contributed by atoms with Gasteiger partial charge in [-0.3, -0.25) is 4.79 Å². The molecule has 4 rings (SSSR count). The highest BCUT2D eigenvalue weighted by molar-refractivity contribution is 7.89. The van der Waals surface area contributed by atoms with Crippen LogP contribution in [-0.2, 0) is 21.4 Å². The van der Waals surface area contributed by atoms with E-state index in [1.54, 1.807) is 12.1 Å². The van der Waals surface area contributed by atoms with E-state index in [1.165, 1.54) is 34.9 Å². The number of benzene rings is 2. The SMILES string of the molecule is C#CCn1c(=NC(=O)C2CCCN(S(=O)(=O)c3ccc(OC)cc3)C2)sc2cc(OCC)ccc21. The van der Waals surface area contributed by atoms with Gasteiger partial charge in [0.05, 0.1) is 41.3 Å². The van der Waals surface area contributed by atoms with E-state index in [0.717, 1.165) is 16.0 Å². The van der Waals surface area contributed by atoms with Gasteiger partial charge in [-0.25, -0.2) is 8.42 Å². The van der Waals surface area contributed by atoms with Gasteiger partial charge in [0.1, 0.15) is 11.5 Å². The predicted molar refractivity (Wildman–Crippen MR) is 135 cm³/mol. The Balaban J connectivity index is 1.61. The van der Waals surface area contributed by atoms with Crippen molar-refractivity contribution in [3.63, 3.8) is 0 Å². The van der Waals surface area contributed by atoms with Gasteiger partial charge in [0.2, 0.25) is 10.0 Å². The maximum Gasteiger partial charge on any atom is 0.252 e. The third-order valence-corrected chi connectivity index (χ3v) is 8.77. The van der Waals surface area contributed by atoms with Crippen LogP contribution in [0.25, 0.3) is 10.2 Å². The molecule has 10 heteroatoms. The number of fused-ring (bicyclic) bond motifs is 1. The molecule has 184 valence electrons. The molecule has 0 spiro atoms. The first-order valence-corrected chi connectivity index (χ1v) is 13.6. The van der Waals surface area contributed by atoms with Crippen LogP contribution in [0.3, 0.4) is 0 Å². The van der Waals surface area contributed by atoms with Gasteiger partial charge in [0.25, 0.3) is 5.91 Å². The van der Waals surface area contributed by atoms with Gasteiger partial charge >= 0.3 is 0 Å². The van der Waals surface area contributed by atoms with E-state index in [9.17, 15) is 13.2 Å². The number of carbonyl (C=O) groups excluding carboxylic acids is 1. The molecule has 0 N–H and O–H groups in total. The maximum absolute atomic E-state index is 13.2. The second kappa shape index (κ2) is 10.6. The van der Waals surface area contributed by atoms with E-state index in [0.29, 0.717) is 36.5 Å². The number of nitrogens with zero attached hydrogens (tertiary/aromatic N) is 3. The summed E-state index contributed by atoms with van der Waals surface area (Å²) in [6.45, 7) is 3.18. The van der Waals surface area contributed by atoms with Crippen LogP contribution >= 0.6 is 11.3 Å². The molecule has 1 amide bonds. The molecule has 1 fully saturated rings. The quantitative estimate of drug-likeness (QED) is 0.453. The summed E-state index contributed by atoms with van der Waals surface area (Å²) in [6, 6.07) is 11.9. The molecule has 2 aromatic carbocycles. The standard InChI is InChI=1S/C25H27N3O5S2/c1-4-14-28-22-13-10-20(33-5-2)16-23(22)34-25(28)26-24(29)18-7-6-15-27(17-18)35(30,31)21-11-8-19(32-3)9-12-21/h1,8-13,16,18H,5-7,14-15,17H2,2-3H3. The van der Waals surface area contributed by atoms with E-state index in [2.05, 4.69) is 10.9 Å². The molecular weight excluding hydrogens is 486 g/mol. The minimum atomic E-state index is -3.73. The average Bonchev–Trinajstić information content (AvgIpc) is 3.20. The summed E-state index contributed by atoms with van der Waals surface area (Å²) in [6.07, 6.45) is 6.73. The predicted octanol–water partition coefficient (Wildman–Crippen LogP) is 3.27. The van der Waals surface area contributed by atoms with E-state index >= 15 is 0 Å². The van der Waals surface area contributed by atoms with E-state index in [4.69, 9.17) is 15.9 Å². The first-order chi connectivity index (χ1) is 16.9. The topological polar surface area (TPSA) is 90.2 Å². The molecule has 0 bridgehead atoms. The lowest BCUT2D eigenvalue weighted by molar-refractivity contribution is -0.122. The van der Waals surface area contributed by atoms with Crippen LogP contribution in [0, 0.1) is 18.3 Å². The Hall–Kier alpha value is -3.13. The van der Waals surface area contributed by atoms with Crippen LogP contribution in [0.1, 0.15) is 19.8 Å². The van der Waals surface area contributed by atoms with Crippen molar-refractivity contribution < 1.29 is 22.7 Å². The van der Waals surface area contributed by atoms with Crippen molar-refractivity contribution >= 4 is 37.5 Å². The normalized spacial score (nSPS) is 17.3. The van der Waals surface area contributed by atoms with Gasteiger partial charge in [0.15, 0.2) is 4.80 Å². The van der Waals surface area contributed by atoms with Crippen molar-refractivity contribution in [2.75, 3.05) is 26.8 Å². The van der Waals surface area contributed by atoms with E-state index in [-0.39, 0.29) is 23.9 Å². The Morgan fingerprint density at radius 1 is 1.23 bits per heavy atom. The highest BCUT2D eigenvalue weighted by atomic mass is 32.2. The largest absolute Gasteiger partial charge is 0.497 e. The van der Waals surface area contributed by atoms with Crippen molar-refractivity contribution in [1.82, 2.24) is 8.87 Å². The number of rotatable bonds is 7. The average molecular weight is 514 g/mol. The molecule has 1 unspecified atom stereocenters. The molecule has 1 atom stereocenters. The third-order valence-electron chi connectivity index (χ3n) is 5.85. The lowest BCUT2D eigenvalue weighted by atomic mass is 9.99. The van der Waals surface area contributed by atoms with Gasteiger partial charge in [0, 0.05) is 13.1 Å². The fraction of sp³-hybridized carbons (Fsp3) is 0.360. The fourth-order valence-electron chi connectivity index (χ4n) is 4.08. The third kappa shape index (κ3) is 5.27. The molecular formula is C25H27N3O5S2. The number of ether oxygens (including phenoxy) is 2. The zero-order valence-corrected chi connectivity index (χ0v) is 21.3. The minimum Gasteiger partial charge on any atom is -0.497 e. The molecule has 3 aromatic rings. The summed E-state index contributed by atoms with van der Waals surface area (Å²) in [5.41, 5.74) is 0.871. The lowest BCUT2D eigenvalue weighted by Crippen LogP contribution is -2.42. The van der Waals surface area contributed by atoms with Crippen LogP contribution in [0.5, 0.6) is 11.5 Å². The van der Waals surface area contributed by atoms with Crippen LogP contribution < -0.4 is 14.3 Å². The van der Waals surface area contributed by atoms with Crippen LogP contribution in [0.2, 0.25) is 0 Å². The van der Waals surface area contributed by atoms with Gasteiger partial charge in [-0.05, 0) is 62.2 Å². The number of sulfonamides is 1. The van der Waals surface area contributed by atoms with Gasteiger partial charge in [-0.2, -0.15) is 9.30 Å². The van der Waals surface area contributed by atoms with Crippen molar-refractivity contribution in [1.29, 1.82) is 0 Å². The van der Waals surface area contributed by atoms with Gasteiger partial charge in [-0.15, -0.1) is 6.42 Å². The van der Waals surface area contributed by atoms with E-state index < -0.39 is 15.9 Å². The smallest absolute Gasteiger partial charge is 0.252 e. The zero-order chi connectivity index (χ0) is 25.0. The summed E-state index contributed by atoms with van der Waals surface area (Å²) >= 11 is 1.36. The van der Waals surface area contributed by atoms with E-state index in [1.807, 2.05) is 29.7 Å². The van der Waals surface area contributed by atoms with Crippen molar-refractivity contribution in [2.45, 2.75) is 31.2 Å². The van der Waals surface area contributed by atoms with Gasteiger partial charge < -0.3 is 14.0 Å². The number of hydrogen-bond donors (Lipinski definition) is 0. The summed E-state index contributed by atoms with van der Waals surface area (Å²) in [5, 5.41) is 0. The van der Waals surface area contributed by atoms with Crippen molar-refractivity contribution in [3.8, 4) is 23.8 Å². The number of aromatic nitrogens is 1. The number of hydrogen-bond acceptors (Lipinski definition) is 6. The van der Waals surface area contributed by atoms with Gasteiger partial charge in [-0.1, -0.05) is 17.3 Å². The summed E-state index contributed by atoms with van der Waals surface area (Å²) in [5.74, 6) is 3.06. The molecule has 35 heavy (non-hydrogen) atoms. The Morgan fingerprint density at radius 3 is 2.66 bits per heavy atom. The number of methoxy groups -OCH3 is 1. The Labute approximate surface area is 208 Å². The number of carbonyl (C=O) groups is 1. The van der Waals surface area contributed by atoms with Crippen molar-refractivity contribution in [3.05, 3.63) is 47.3 Å².